The molecule has 34 heavy (non-hydrogen) atoms. The second kappa shape index (κ2) is 9.03. The van der Waals surface area contributed by atoms with Crippen LogP contribution in [0.5, 0.6) is 0 Å². The number of benzene rings is 3. The van der Waals surface area contributed by atoms with E-state index in [1.807, 2.05) is 36.4 Å². The molecule has 9 heteroatoms. The van der Waals surface area contributed by atoms with Crippen molar-refractivity contribution < 1.29 is 19.6 Å². The van der Waals surface area contributed by atoms with Gasteiger partial charge in [0, 0.05) is 29.8 Å². The number of hydrogen-bond acceptors (Lipinski definition) is 7. The molecular weight excluding hydrogens is 454 g/mol. The summed E-state index contributed by atoms with van der Waals surface area (Å²) in [5, 5.41) is 24.0. The summed E-state index contributed by atoms with van der Waals surface area (Å²) >= 11 is 1.34. The van der Waals surface area contributed by atoms with Gasteiger partial charge in [-0.1, -0.05) is 47.7 Å². The molecule has 1 aromatic heterocycles. The number of rotatable bonds is 8. The van der Waals surface area contributed by atoms with Crippen molar-refractivity contribution in [1.29, 1.82) is 0 Å². The fourth-order valence-corrected chi connectivity index (χ4v) is 4.30. The van der Waals surface area contributed by atoms with E-state index >= 15 is 0 Å². The number of nitro benzene ring substituents is 1. The van der Waals surface area contributed by atoms with Gasteiger partial charge in [0.15, 0.2) is 10.9 Å². The maximum Gasteiger partial charge on any atom is 0.309 e. The van der Waals surface area contributed by atoms with Crippen LogP contribution in [0.2, 0.25) is 0 Å². The Morgan fingerprint density at radius 1 is 1.03 bits per heavy atom. The number of aliphatic carboxylic acids is 1. The van der Waals surface area contributed by atoms with E-state index in [0.717, 1.165) is 21.5 Å². The van der Waals surface area contributed by atoms with Crippen LogP contribution in [0.1, 0.15) is 30.6 Å². The lowest BCUT2D eigenvalue weighted by Gasteiger charge is -2.17. The highest BCUT2D eigenvalue weighted by atomic mass is 32.1. The Balaban J connectivity index is 1.45. The first kappa shape index (κ1) is 23.1. The van der Waals surface area contributed by atoms with Gasteiger partial charge < -0.3 is 10.4 Å². The van der Waals surface area contributed by atoms with E-state index in [1.54, 1.807) is 18.2 Å². The second-order valence-electron chi connectivity index (χ2n) is 8.50. The Morgan fingerprint density at radius 3 is 2.24 bits per heavy atom. The second-order valence-corrected chi connectivity index (χ2v) is 9.53. The number of aromatic nitrogens is 1. The van der Waals surface area contributed by atoms with Gasteiger partial charge in [0.1, 0.15) is 0 Å². The van der Waals surface area contributed by atoms with Crippen molar-refractivity contribution in [3.05, 3.63) is 82.4 Å². The van der Waals surface area contributed by atoms with Crippen LogP contribution in [0, 0.1) is 15.5 Å². The van der Waals surface area contributed by atoms with Gasteiger partial charge in [0.2, 0.25) is 0 Å². The number of nitrogens with zero attached hydrogens (tertiary/aromatic N) is 2. The molecule has 4 aromatic rings. The van der Waals surface area contributed by atoms with Crippen LogP contribution in [0.25, 0.3) is 21.3 Å². The molecular formula is C25H21N3O5S. The Morgan fingerprint density at radius 2 is 1.65 bits per heavy atom. The normalized spacial score (nSPS) is 11.4. The van der Waals surface area contributed by atoms with Crippen LogP contribution in [-0.4, -0.2) is 26.8 Å². The number of nitro groups is 1. The third-order valence-corrected chi connectivity index (χ3v) is 6.37. The van der Waals surface area contributed by atoms with Crippen molar-refractivity contribution in [2.45, 2.75) is 20.3 Å². The lowest BCUT2D eigenvalue weighted by molar-refractivity contribution is -0.384. The Labute approximate surface area is 199 Å². The minimum absolute atomic E-state index is 0.0327. The summed E-state index contributed by atoms with van der Waals surface area (Å²) in [4.78, 5) is 38.7. The third kappa shape index (κ3) is 4.94. The Bertz CT molecular complexity index is 1390. The largest absolute Gasteiger partial charge is 0.481 e. The molecule has 0 atom stereocenters. The summed E-state index contributed by atoms with van der Waals surface area (Å²) in [6.45, 7) is 3.07. The van der Waals surface area contributed by atoms with Crippen molar-refractivity contribution in [3.63, 3.8) is 0 Å². The number of nitrogens with one attached hydrogen (secondary N) is 1. The summed E-state index contributed by atoms with van der Waals surface area (Å²) in [6.07, 6.45) is -0.0683. The van der Waals surface area contributed by atoms with Crippen LogP contribution >= 0.6 is 11.3 Å². The van der Waals surface area contributed by atoms with Crippen molar-refractivity contribution >= 4 is 49.8 Å². The number of carbonyl (C=O) groups is 2. The lowest BCUT2D eigenvalue weighted by Crippen LogP contribution is -2.26. The molecule has 0 aliphatic heterocycles. The molecule has 3 aromatic carbocycles. The molecule has 2 N–H and O–H groups in total. The predicted octanol–water partition coefficient (Wildman–Crippen LogP) is 6.30. The molecule has 0 unspecified atom stereocenters. The zero-order valence-electron chi connectivity index (χ0n) is 18.4. The highest BCUT2D eigenvalue weighted by molar-refractivity contribution is 7.22. The highest BCUT2D eigenvalue weighted by Crippen LogP contribution is 2.32. The number of Topliss-reactive ketones (excluding diaryl/α,β-unsaturated/α-hetero) is 1. The van der Waals surface area contributed by atoms with Crippen LogP contribution in [-0.2, 0) is 4.79 Å². The highest BCUT2D eigenvalue weighted by Gasteiger charge is 2.30. The van der Waals surface area contributed by atoms with Gasteiger partial charge in [-0.15, -0.1) is 0 Å². The molecule has 0 spiro atoms. The van der Waals surface area contributed by atoms with E-state index in [9.17, 15) is 24.8 Å². The third-order valence-electron chi connectivity index (χ3n) is 5.44. The standard InChI is InChI=1S/C25H21N3O5S/c1-25(2,23(30)31)14-21(29)17-5-3-15(4-6-17)16-7-9-18(10-8-16)26-24-27-20-12-11-19(28(32)33)13-22(20)34-24/h3-13H,14H2,1-2H3,(H,26,27)(H,30,31). The molecule has 0 bridgehead atoms. The zero-order chi connectivity index (χ0) is 24.5. The summed E-state index contributed by atoms with van der Waals surface area (Å²) < 4.78 is 0.731. The first-order chi connectivity index (χ1) is 16.1. The summed E-state index contributed by atoms with van der Waals surface area (Å²) in [7, 11) is 0. The molecule has 0 saturated carbocycles. The van der Waals surface area contributed by atoms with E-state index in [1.165, 1.54) is 37.3 Å². The van der Waals surface area contributed by atoms with E-state index in [2.05, 4.69) is 10.3 Å². The number of ketones is 1. The molecule has 0 radical (unpaired) electrons. The molecule has 8 nitrogen and oxygen atoms in total. The number of anilines is 2. The number of hydrogen-bond donors (Lipinski definition) is 2. The lowest BCUT2D eigenvalue weighted by atomic mass is 9.85. The summed E-state index contributed by atoms with van der Waals surface area (Å²) in [5.74, 6) is -1.21. The van der Waals surface area contributed by atoms with E-state index < -0.39 is 16.3 Å². The Hall–Kier alpha value is -4.11. The number of carboxylic acid groups (broad SMARTS) is 1. The van der Waals surface area contributed by atoms with Gasteiger partial charge in [-0.25, -0.2) is 4.98 Å². The molecule has 4 rings (SSSR count). The first-order valence-corrected chi connectivity index (χ1v) is 11.2. The summed E-state index contributed by atoms with van der Waals surface area (Å²) in [6, 6.07) is 19.4. The van der Waals surface area contributed by atoms with Crippen LogP contribution in [0.15, 0.2) is 66.7 Å². The maximum absolute atomic E-state index is 12.4. The SMILES string of the molecule is CC(C)(CC(=O)c1ccc(-c2ccc(Nc3nc4ccc([N+](=O)[O-])cc4s3)cc2)cc1)C(=O)O. The molecule has 0 amide bonds. The first-order valence-electron chi connectivity index (χ1n) is 10.4. The predicted molar refractivity (Wildman–Crippen MR) is 132 cm³/mol. The van der Waals surface area contributed by atoms with Gasteiger partial charge in [-0.05, 0) is 43.2 Å². The van der Waals surface area contributed by atoms with Gasteiger partial charge in [0.25, 0.3) is 5.69 Å². The Kier molecular flexibility index (Phi) is 6.12. The molecule has 0 aliphatic carbocycles. The smallest absolute Gasteiger partial charge is 0.309 e. The van der Waals surface area contributed by atoms with Crippen molar-refractivity contribution in [2.75, 3.05) is 5.32 Å². The fourth-order valence-electron chi connectivity index (χ4n) is 3.38. The molecule has 0 saturated heterocycles. The molecule has 172 valence electrons. The number of carboxylic acids is 1. The van der Waals surface area contributed by atoms with E-state index in [0.29, 0.717) is 16.2 Å². The minimum atomic E-state index is -1.11. The van der Waals surface area contributed by atoms with E-state index in [4.69, 9.17) is 0 Å². The van der Waals surface area contributed by atoms with Gasteiger partial charge >= 0.3 is 5.97 Å². The molecule has 0 fully saturated rings. The monoisotopic (exact) mass is 475 g/mol. The van der Waals surface area contributed by atoms with Crippen LogP contribution < -0.4 is 5.32 Å². The van der Waals surface area contributed by atoms with Crippen molar-refractivity contribution in [3.8, 4) is 11.1 Å². The molecule has 1 heterocycles. The summed E-state index contributed by atoms with van der Waals surface area (Å²) in [5.41, 5.74) is 2.79. The number of thiazole rings is 1. The fraction of sp³-hybridized carbons (Fsp3) is 0.160. The number of carbonyl (C=O) groups excluding carboxylic acids is 1. The molecule has 0 aliphatic rings. The van der Waals surface area contributed by atoms with Gasteiger partial charge in [-0.2, -0.15) is 0 Å². The zero-order valence-corrected chi connectivity index (χ0v) is 19.3. The quantitative estimate of drug-likeness (QED) is 0.174. The number of non-ortho nitro benzene ring substituents is 1. The maximum atomic E-state index is 12.4. The van der Waals surface area contributed by atoms with Crippen LogP contribution in [0.3, 0.4) is 0 Å². The van der Waals surface area contributed by atoms with E-state index in [-0.39, 0.29) is 17.9 Å². The van der Waals surface area contributed by atoms with Gasteiger partial charge in [-0.3, -0.25) is 19.7 Å². The number of fused-ring (bicyclic) bond motifs is 1. The van der Waals surface area contributed by atoms with Crippen molar-refractivity contribution in [1.82, 2.24) is 4.98 Å². The minimum Gasteiger partial charge on any atom is -0.481 e. The average molecular weight is 476 g/mol. The topological polar surface area (TPSA) is 122 Å². The van der Waals surface area contributed by atoms with Crippen molar-refractivity contribution in [2.24, 2.45) is 5.41 Å². The van der Waals surface area contributed by atoms with Gasteiger partial charge in [0.05, 0.1) is 20.6 Å². The van der Waals surface area contributed by atoms with Crippen LogP contribution in [0.4, 0.5) is 16.5 Å². The average Bonchev–Trinajstić information content (AvgIpc) is 3.20.